The topological polar surface area (TPSA) is 79.4 Å². The van der Waals surface area contributed by atoms with Gasteiger partial charge in [-0.15, -0.1) is 11.3 Å². The van der Waals surface area contributed by atoms with Crippen LogP contribution in [-0.2, 0) is 12.8 Å². The van der Waals surface area contributed by atoms with Crippen LogP contribution < -0.4 is 10.2 Å². The maximum absolute atomic E-state index is 13.3. The summed E-state index contributed by atoms with van der Waals surface area (Å²) in [7, 11) is 0. The molecule has 0 saturated heterocycles. The van der Waals surface area contributed by atoms with Crippen LogP contribution in [0.4, 0.5) is 5.69 Å². The fourth-order valence-corrected chi connectivity index (χ4v) is 4.73. The smallest absolute Gasteiger partial charge is 0.266 e. The highest BCUT2D eigenvalue weighted by Crippen LogP contribution is 2.34. The molecule has 4 rings (SSSR count). The number of hydrogen-bond acceptors (Lipinski definition) is 5. The zero-order valence-electron chi connectivity index (χ0n) is 18.6. The molecule has 32 heavy (non-hydrogen) atoms. The summed E-state index contributed by atoms with van der Waals surface area (Å²) in [6, 6.07) is 10.3. The number of anilines is 1. The number of imide groups is 1. The zero-order chi connectivity index (χ0) is 23.0. The average Bonchev–Trinajstić information content (AvgIpc) is 3.34. The van der Waals surface area contributed by atoms with Crippen molar-refractivity contribution in [1.29, 1.82) is 0 Å². The minimum absolute atomic E-state index is 0.257. The summed E-state index contributed by atoms with van der Waals surface area (Å²) >= 11 is 1.53. The van der Waals surface area contributed by atoms with Crippen molar-refractivity contribution in [2.75, 3.05) is 4.90 Å². The van der Waals surface area contributed by atoms with E-state index in [1.54, 1.807) is 12.1 Å². The third-order valence-electron chi connectivity index (χ3n) is 5.77. The number of carbonyl (C=O) groups excluding carboxylic acids is 3. The highest BCUT2D eigenvalue weighted by molar-refractivity contribution is 7.09. The van der Waals surface area contributed by atoms with Crippen LogP contribution in [0.2, 0.25) is 0 Å². The highest BCUT2D eigenvalue weighted by Gasteiger charge is 2.39. The number of aryl methyl sites for hydroxylation is 3. The Balaban J connectivity index is 1.65. The highest BCUT2D eigenvalue weighted by atomic mass is 32.1. The Morgan fingerprint density at radius 2 is 1.72 bits per heavy atom. The SMILES string of the molecule is CCc1cccc(CC)c1N1C(=O)c2ccc(C(=O)NC(C)c3csc(C)n3)cc2C1=O. The fraction of sp³-hybridized carbons (Fsp3) is 0.280. The standard InChI is InChI=1S/C25H25N3O3S/c1-5-16-8-7-9-17(6-2)22(16)28-24(30)19-11-10-18(12-20(19)25(28)31)23(29)26-14(3)21-13-32-15(4)27-21/h7-14H,5-6H2,1-4H3,(H,26,29). The molecule has 6 nitrogen and oxygen atoms in total. The number of amides is 3. The van der Waals surface area contributed by atoms with Crippen LogP contribution >= 0.6 is 11.3 Å². The summed E-state index contributed by atoms with van der Waals surface area (Å²) in [5.74, 6) is -1.05. The number of benzene rings is 2. The molecule has 7 heteroatoms. The van der Waals surface area contributed by atoms with E-state index < -0.39 is 5.91 Å². The van der Waals surface area contributed by atoms with Crippen LogP contribution in [0, 0.1) is 6.92 Å². The Morgan fingerprint density at radius 3 is 2.31 bits per heavy atom. The molecular formula is C25H25N3O3S. The number of fused-ring (bicyclic) bond motifs is 1. The monoisotopic (exact) mass is 447 g/mol. The molecule has 0 radical (unpaired) electrons. The second-order valence-corrected chi connectivity index (χ2v) is 8.89. The molecule has 1 N–H and O–H groups in total. The number of nitrogens with one attached hydrogen (secondary N) is 1. The first-order valence-corrected chi connectivity index (χ1v) is 11.6. The van der Waals surface area contributed by atoms with E-state index in [1.165, 1.54) is 22.3 Å². The number of rotatable bonds is 6. The van der Waals surface area contributed by atoms with Gasteiger partial charge in [-0.25, -0.2) is 9.88 Å². The van der Waals surface area contributed by atoms with E-state index in [1.807, 2.05) is 51.3 Å². The molecule has 1 atom stereocenters. The molecule has 1 aliphatic rings. The number of para-hydroxylation sites is 1. The van der Waals surface area contributed by atoms with Gasteiger partial charge in [0, 0.05) is 10.9 Å². The van der Waals surface area contributed by atoms with Gasteiger partial charge in [0.2, 0.25) is 0 Å². The predicted octanol–water partition coefficient (Wildman–Crippen LogP) is 4.87. The van der Waals surface area contributed by atoms with Crippen LogP contribution in [0.3, 0.4) is 0 Å². The Labute approximate surface area is 191 Å². The number of carbonyl (C=O) groups is 3. The molecule has 1 aromatic heterocycles. The summed E-state index contributed by atoms with van der Waals surface area (Å²) in [5.41, 5.74) is 4.28. The number of hydrogen-bond donors (Lipinski definition) is 1. The maximum atomic E-state index is 13.3. The molecule has 0 saturated carbocycles. The van der Waals surface area contributed by atoms with Gasteiger partial charge in [0.15, 0.2) is 0 Å². The molecule has 1 unspecified atom stereocenters. The van der Waals surface area contributed by atoms with Gasteiger partial charge < -0.3 is 5.32 Å². The molecule has 0 aliphatic carbocycles. The summed E-state index contributed by atoms with van der Waals surface area (Å²) in [6.45, 7) is 7.79. The first kappa shape index (κ1) is 21.9. The largest absolute Gasteiger partial charge is 0.344 e. The lowest BCUT2D eigenvalue weighted by molar-refractivity contribution is 0.0921. The molecule has 164 valence electrons. The Morgan fingerprint density at radius 1 is 1.06 bits per heavy atom. The van der Waals surface area contributed by atoms with E-state index in [4.69, 9.17) is 0 Å². The summed E-state index contributed by atoms with van der Waals surface area (Å²) in [4.78, 5) is 45.0. The van der Waals surface area contributed by atoms with Crippen molar-refractivity contribution in [1.82, 2.24) is 10.3 Å². The molecule has 0 bridgehead atoms. The summed E-state index contributed by atoms with van der Waals surface area (Å²) in [6.07, 6.45) is 1.41. The molecular weight excluding hydrogens is 422 g/mol. The molecule has 2 aromatic carbocycles. The van der Waals surface area contributed by atoms with Gasteiger partial charge >= 0.3 is 0 Å². The lowest BCUT2D eigenvalue weighted by Gasteiger charge is -2.21. The lowest BCUT2D eigenvalue weighted by Crippen LogP contribution is -2.31. The van der Waals surface area contributed by atoms with Gasteiger partial charge in [-0.2, -0.15) is 0 Å². The van der Waals surface area contributed by atoms with Crippen molar-refractivity contribution in [3.63, 3.8) is 0 Å². The number of thiazole rings is 1. The normalized spacial score (nSPS) is 13.9. The van der Waals surface area contributed by atoms with E-state index in [0.717, 1.165) is 21.8 Å². The molecule has 3 aromatic rings. The Hall–Kier alpha value is -3.32. The lowest BCUT2D eigenvalue weighted by atomic mass is 10.0. The van der Waals surface area contributed by atoms with E-state index >= 15 is 0 Å². The van der Waals surface area contributed by atoms with Crippen molar-refractivity contribution < 1.29 is 14.4 Å². The second kappa shape index (κ2) is 8.67. The fourth-order valence-electron chi connectivity index (χ4n) is 4.02. The van der Waals surface area contributed by atoms with Gasteiger partial charge in [0.1, 0.15) is 0 Å². The Bertz CT molecular complexity index is 1210. The summed E-state index contributed by atoms with van der Waals surface area (Å²) in [5, 5.41) is 5.77. The minimum Gasteiger partial charge on any atom is -0.344 e. The minimum atomic E-state index is -0.390. The van der Waals surface area contributed by atoms with E-state index in [2.05, 4.69) is 10.3 Å². The number of nitrogens with zero attached hydrogens (tertiary/aromatic N) is 2. The van der Waals surface area contributed by atoms with Crippen molar-refractivity contribution in [3.8, 4) is 0 Å². The third-order valence-corrected chi connectivity index (χ3v) is 6.56. The number of aromatic nitrogens is 1. The molecule has 0 spiro atoms. The maximum Gasteiger partial charge on any atom is 0.266 e. The van der Waals surface area contributed by atoms with Crippen molar-refractivity contribution >= 4 is 34.7 Å². The molecule has 2 heterocycles. The van der Waals surface area contributed by atoms with Crippen LogP contribution in [-0.4, -0.2) is 22.7 Å². The third kappa shape index (κ3) is 3.73. The van der Waals surface area contributed by atoms with Crippen LogP contribution in [0.25, 0.3) is 0 Å². The van der Waals surface area contributed by atoms with Crippen LogP contribution in [0.1, 0.15) is 79.7 Å². The first-order chi connectivity index (χ1) is 15.3. The van der Waals surface area contributed by atoms with Gasteiger partial charge in [0.25, 0.3) is 17.7 Å². The van der Waals surface area contributed by atoms with E-state index in [0.29, 0.717) is 29.7 Å². The van der Waals surface area contributed by atoms with Gasteiger partial charge in [0.05, 0.1) is 33.6 Å². The van der Waals surface area contributed by atoms with Gasteiger partial charge in [-0.05, 0) is 56.0 Å². The predicted molar refractivity (Wildman–Crippen MR) is 126 cm³/mol. The van der Waals surface area contributed by atoms with E-state index in [-0.39, 0.29) is 23.4 Å². The zero-order valence-corrected chi connectivity index (χ0v) is 19.4. The molecule has 3 amide bonds. The van der Waals surface area contributed by atoms with Crippen molar-refractivity contribution in [2.45, 2.75) is 46.6 Å². The average molecular weight is 448 g/mol. The molecule has 1 aliphatic heterocycles. The van der Waals surface area contributed by atoms with Gasteiger partial charge in [-0.1, -0.05) is 32.0 Å². The summed E-state index contributed by atoms with van der Waals surface area (Å²) < 4.78 is 0. The van der Waals surface area contributed by atoms with E-state index in [9.17, 15) is 14.4 Å². The van der Waals surface area contributed by atoms with Crippen molar-refractivity contribution in [2.24, 2.45) is 0 Å². The van der Waals surface area contributed by atoms with Crippen molar-refractivity contribution in [3.05, 3.63) is 80.3 Å². The van der Waals surface area contributed by atoms with Crippen LogP contribution in [0.15, 0.2) is 41.8 Å². The quantitative estimate of drug-likeness (QED) is 0.547. The molecule has 0 fully saturated rings. The van der Waals surface area contributed by atoms with Crippen LogP contribution in [0.5, 0.6) is 0 Å². The van der Waals surface area contributed by atoms with Gasteiger partial charge in [-0.3, -0.25) is 14.4 Å². The first-order valence-electron chi connectivity index (χ1n) is 10.7. The Kier molecular flexibility index (Phi) is 5.93. The second-order valence-electron chi connectivity index (χ2n) is 7.82.